The number of nitrogens with one attached hydrogen (secondary N) is 1. The molecule has 1 atom stereocenters. The molecular weight excluding hydrogens is 483 g/mol. The molecule has 0 bridgehead atoms. The molecule has 9 heteroatoms. The molecule has 0 radical (unpaired) electrons. The van der Waals surface area contributed by atoms with E-state index in [0.717, 1.165) is 38.6 Å². The first-order chi connectivity index (χ1) is 11.9. The molecule has 1 N–H and O–H groups in total. The molecule has 1 aromatic heterocycles. The Morgan fingerprint density at radius 1 is 1.35 bits per heavy atom. The van der Waals surface area contributed by atoms with E-state index in [4.69, 9.17) is 4.99 Å². The fourth-order valence-electron chi connectivity index (χ4n) is 3.32. The van der Waals surface area contributed by atoms with Crippen LogP contribution < -0.4 is 10.2 Å². The Hall–Kier alpha value is -0.550. The Bertz CT molecular complexity index is 684. The average Bonchev–Trinajstić information content (AvgIpc) is 3.21. The van der Waals surface area contributed by atoms with Crippen LogP contribution in [0.1, 0.15) is 20.3 Å². The Balaban J connectivity index is 0.00000243. The molecule has 1 unspecified atom stereocenters. The van der Waals surface area contributed by atoms with Gasteiger partial charge in [-0.1, -0.05) is 0 Å². The maximum Gasteiger partial charge on any atom is 0.194 e. The Morgan fingerprint density at radius 3 is 2.62 bits per heavy atom. The number of nitrogens with zero attached hydrogens (tertiary/aromatic N) is 3. The molecule has 0 aromatic carbocycles. The minimum Gasteiger partial charge on any atom is -0.360 e. The summed E-state index contributed by atoms with van der Waals surface area (Å²) in [5, 5.41) is 6.90. The summed E-state index contributed by atoms with van der Waals surface area (Å²) in [7, 11) is -2.83. The van der Waals surface area contributed by atoms with Gasteiger partial charge >= 0.3 is 0 Å². The van der Waals surface area contributed by atoms with Crippen LogP contribution in [0, 0.1) is 5.92 Å². The van der Waals surface area contributed by atoms with Gasteiger partial charge in [0.25, 0.3) is 0 Å². The molecule has 3 heterocycles. The van der Waals surface area contributed by atoms with Crippen molar-refractivity contribution in [1.29, 1.82) is 0 Å². The lowest BCUT2D eigenvalue weighted by Gasteiger charge is -2.37. The quantitative estimate of drug-likeness (QED) is 0.381. The van der Waals surface area contributed by atoms with Crippen molar-refractivity contribution in [2.45, 2.75) is 26.3 Å². The summed E-state index contributed by atoms with van der Waals surface area (Å²) in [4.78, 5) is 9.49. The highest BCUT2D eigenvalue weighted by Gasteiger charge is 2.28. The highest BCUT2D eigenvalue weighted by molar-refractivity contribution is 14.0. The third-order valence-electron chi connectivity index (χ3n) is 4.64. The van der Waals surface area contributed by atoms with Crippen molar-refractivity contribution in [3.8, 4) is 0 Å². The summed E-state index contributed by atoms with van der Waals surface area (Å²) in [5.74, 6) is 1.70. The second-order valence-electron chi connectivity index (χ2n) is 7.16. The van der Waals surface area contributed by atoms with E-state index in [-0.39, 0.29) is 35.6 Å². The first kappa shape index (κ1) is 21.7. The summed E-state index contributed by atoms with van der Waals surface area (Å²) in [6.45, 7) is 8.64. The Kier molecular flexibility index (Phi) is 8.02. The summed E-state index contributed by atoms with van der Waals surface area (Å²) >= 11 is 1.78. The zero-order valence-electron chi connectivity index (χ0n) is 15.4. The molecule has 2 aliphatic rings. The molecule has 3 rings (SSSR count). The van der Waals surface area contributed by atoms with Crippen molar-refractivity contribution in [2.24, 2.45) is 10.9 Å². The van der Waals surface area contributed by atoms with E-state index in [1.807, 2.05) is 0 Å². The summed E-state index contributed by atoms with van der Waals surface area (Å²) in [6.07, 6.45) is 0.743. The molecule has 2 fully saturated rings. The minimum atomic E-state index is -2.83. The van der Waals surface area contributed by atoms with Gasteiger partial charge in [-0.25, -0.2) is 8.42 Å². The van der Waals surface area contributed by atoms with E-state index in [2.05, 4.69) is 46.5 Å². The van der Waals surface area contributed by atoms with E-state index in [1.165, 1.54) is 5.00 Å². The molecule has 0 amide bonds. The average molecular weight is 512 g/mol. The number of thiophene rings is 1. The number of halogens is 1. The van der Waals surface area contributed by atoms with Crippen LogP contribution in [0.25, 0.3) is 0 Å². The number of anilines is 1. The van der Waals surface area contributed by atoms with Crippen LogP contribution in [0.3, 0.4) is 0 Å². The van der Waals surface area contributed by atoms with Crippen LogP contribution in [0.5, 0.6) is 0 Å². The Labute approximate surface area is 178 Å². The maximum atomic E-state index is 11.6. The van der Waals surface area contributed by atoms with Crippen LogP contribution >= 0.6 is 35.3 Å². The van der Waals surface area contributed by atoms with Gasteiger partial charge in [0.2, 0.25) is 0 Å². The number of hydrogen-bond acceptors (Lipinski definition) is 5. The number of aliphatic imine (C=N–C) groups is 1. The maximum absolute atomic E-state index is 11.6. The van der Waals surface area contributed by atoms with E-state index in [1.54, 1.807) is 11.3 Å². The van der Waals surface area contributed by atoms with Crippen LogP contribution in [0.2, 0.25) is 0 Å². The van der Waals surface area contributed by atoms with E-state index < -0.39 is 9.84 Å². The lowest BCUT2D eigenvalue weighted by molar-refractivity contribution is 0.368. The van der Waals surface area contributed by atoms with Gasteiger partial charge in [-0.2, -0.15) is 0 Å². The van der Waals surface area contributed by atoms with Crippen molar-refractivity contribution in [1.82, 2.24) is 10.2 Å². The standard InChI is InChI=1S/C17H28N4O2S2.HI/c1-14(2)19-17(18-12-15-5-11-25(22,23)13-15)21-8-6-20(7-9-21)16-4-3-10-24-16;/h3-4,10,14-15H,5-9,11-13H2,1-2H3,(H,18,19);1H. The smallest absolute Gasteiger partial charge is 0.194 e. The third-order valence-corrected chi connectivity index (χ3v) is 7.41. The molecule has 0 aliphatic carbocycles. The molecule has 1 aromatic rings. The van der Waals surface area contributed by atoms with Crippen molar-refractivity contribution in [3.63, 3.8) is 0 Å². The molecule has 6 nitrogen and oxygen atoms in total. The number of hydrogen-bond donors (Lipinski definition) is 1. The van der Waals surface area contributed by atoms with E-state index >= 15 is 0 Å². The molecule has 0 saturated carbocycles. The second kappa shape index (κ2) is 9.59. The molecule has 2 saturated heterocycles. The number of guanidine groups is 1. The van der Waals surface area contributed by atoms with Gasteiger partial charge in [0.05, 0.1) is 16.5 Å². The highest BCUT2D eigenvalue weighted by atomic mass is 127. The van der Waals surface area contributed by atoms with Crippen LogP contribution in [0.15, 0.2) is 22.5 Å². The molecular formula is C17H29IN4O2S2. The molecule has 2 aliphatic heterocycles. The van der Waals surface area contributed by atoms with Gasteiger partial charge in [-0.15, -0.1) is 35.3 Å². The predicted octanol–water partition coefficient (Wildman–Crippen LogP) is 2.28. The van der Waals surface area contributed by atoms with Gasteiger partial charge in [0.1, 0.15) is 0 Å². The summed E-state index contributed by atoms with van der Waals surface area (Å²) in [6, 6.07) is 4.57. The SMILES string of the molecule is CC(C)NC(=NCC1CCS(=O)(=O)C1)N1CCN(c2cccs2)CC1.I. The predicted molar refractivity (Wildman–Crippen MR) is 121 cm³/mol. The number of rotatable bonds is 4. The van der Waals surface area contributed by atoms with Crippen molar-refractivity contribution in [3.05, 3.63) is 17.5 Å². The normalized spacial score (nSPS) is 23.2. The van der Waals surface area contributed by atoms with Crippen molar-refractivity contribution in [2.75, 3.05) is 49.1 Å². The monoisotopic (exact) mass is 512 g/mol. The van der Waals surface area contributed by atoms with Crippen molar-refractivity contribution < 1.29 is 8.42 Å². The van der Waals surface area contributed by atoms with Gasteiger partial charge in [0.15, 0.2) is 15.8 Å². The third kappa shape index (κ3) is 5.98. The molecule has 0 spiro atoms. The number of piperazine rings is 1. The van der Waals surface area contributed by atoms with Crippen LogP contribution in [0.4, 0.5) is 5.00 Å². The zero-order chi connectivity index (χ0) is 17.9. The van der Waals surface area contributed by atoms with Gasteiger partial charge in [-0.05, 0) is 43.7 Å². The molecule has 148 valence electrons. The lowest BCUT2D eigenvalue weighted by atomic mass is 10.1. The summed E-state index contributed by atoms with van der Waals surface area (Å²) < 4.78 is 23.3. The second-order valence-corrected chi connectivity index (χ2v) is 10.3. The topological polar surface area (TPSA) is 65.0 Å². The lowest BCUT2D eigenvalue weighted by Crippen LogP contribution is -2.53. The fourth-order valence-corrected chi connectivity index (χ4v) is 5.95. The van der Waals surface area contributed by atoms with E-state index in [0.29, 0.717) is 18.3 Å². The van der Waals surface area contributed by atoms with Gasteiger partial charge in [-0.3, -0.25) is 4.99 Å². The fraction of sp³-hybridized carbons (Fsp3) is 0.706. The van der Waals surface area contributed by atoms with Crippen LogP contribution in [-0.4, -0.2) is 69.5 Å². The minimum absolute atomic E-state index is 0. The first-order valence-electron chi connectivity index (χ1n) is 8.98. The van der Waals surface area contributed by atoms with Gasteiger partial charge < -0.3 is 15.1 Å². The van der Waals surface area contributed by atoms with E-state index in [9.17, 15) is 8.42 Å². The molecule has 26 heavy (non-hydrogen) atoms. The van der Waals surface area contributed by atoms with Crippen molar-refractivity contribution >= 4 is 56.1 Å². The first-order valence-corrected chi connectivity index (χ1v) is 11.7. The summed E-state index contributed by atoms with van der Waals surface area (Å²) in [5.41, 5.74) is 0. The van der Waals surface area contributed by atoms with Gasteiger partial charge in [0, 0.05) is 38.8 Å². The zero-order valence-corrected chi connectivity index (χ0v) is 19.4. The largest absolute Gasteiger partial charge is 0.360 e. The van der Waals surface area contributed by atoms with Crippen LogP contribution in [-0.2, 0) is 9.84 Å². The Morgan fingerprint density at radius 2 is 2.08 bits per heavy atom. The highest BCUT2D eigenvalue weighted by Crippen LogP contribution is 2.22. The number of sulfone groups is 1.